The van der Waals surface area contributed by atoms with Crippen molar-refractivity contribution in [2.45, 2.75) is 23.9 Å². The SMILES string of the molecule is CNC(Cc1cccc(C(F)(F)F)c1)C1CSCCS1. The zero-order valence-electron chi connectivity index (χ0n) is 11.2. The smallest absolute Gasteiger partial charge is 0.316 e. The molecule has 20 heavy (non-hydrogen) atoms. The number of rotatable bonds is 4. The van der Waals surface area contributed by atoms with Crippen LogP contribution in [0.4, 0.5) is 13.2 Å². The Morgan fingerprint density at radius 2 is 2.15 bits per heavy atom. The van der Waals surface area contributed by atoms with Gasteiger partial charge in [0.15, 0.2) is 0 Å². The first-order chi connectivity index (χ1) is 9.50. The lowest BCUT2D eigenvalue weighted by Gasteiger charge is -2.29. The minimum Gasteiger partial charge on any atom is -0.316 e. The second kappa shape index (κ2) is 7.09. The highest BCUT2D eigenvalue weighted by Gasteiger charge is 2.31. The summed E-state index contributed by atoms with van der Waals surface area (Å²) >= 11 is 3.84. The highest BCUT2D eigenvalue weighted by atomic mass is 32.2. The molecule has 0 spiro atoms. The van der Waals surface area contributed by atoms with Crippen molar-refractivity contribution in [3.63, 3.8) is 0 Å². The zero-order valence-corrected chi connectivity index (χ0v) is 12.9. The molecule has 0 aromatic heterocycles. The van der Waals surface area contributed by atoms with Crippen LogP contribution in [0.1, 0.15) is 11.1 Å². The van der Waals surface area contributed by atoms with Gasteiger partial charge in [-0.3, -0.25) is 0 Å². The molecule has 0 aliphatic carbocycles. The van der Waals surface area contributed by atoms with Gasteiger partial charge in [-0.05, 0) is 25.1 Å². The van der Waals surface area contributed by atoms with Crippen molar-refractivity contribution in [2.75, 3.05) is 24.3 Å². The Labute approximate surface area is 126 Å². The standard InChI is InChI=1S/C14H18F3NS2/c1-18-12(13-9-19-5-6-20-13)8-10-3-2-4-11(7-10)14(15,16)17/h2-4,7,12-13,18H,5-6,8-9H2,1H3. The first kappa shape index (κ1) is 16.0. The Hall–Kier alpha value is -0.330. The predicted molar refractivity (Wildman–Crippen MR) is 81.6 cm³/mol. The predicted octanol–water partition coefficient (Wildman–Crippen LogP) is 3.68. The Morgan fingerprint density at radius 3 is 2.75 bits per heavy atom. The van der Waals surface area contributed by atoms with E-state index >= 15 is 0 Å². The van der Waals surface area contributed by atoms with Crippen molar-refractivity contribution in [1.82, 2.24) is 5.32 Å². The molecule has 6 heteroatoms. The third-order valence-electron chi connectivity index (χ3n) is 3.37. The quantitative estimate of drug-likeness (QED) is 0.908. The monoisotopic (exact) mass is 321 g/mol. The van der Waals surface area contributed by atoms with Gasteiger partial charge in [-0.15, -0.1) is 0 Å². The van der Waals surface area contributed by atoms with Gasteiger partial charge >= 0.3 is 6.18 Å². The van der Waals surface area contributed by atoms with E-state index in [0.29, 0.717) is 11.7 Å². The maximum atomic E-state index is 12.7. The number of halogens is 3. The molecule has 1 aromatic rings. The summed E-state index contributed by atoms with van der Waals surface area (Å²) in [6.07, 6.45) is -3.63. The van der Waals surface area contributed by atoms with E-state index in [1.807, 2.05) is 30.6 Å². The Bertz CT molecular complexity index is 431. The van der Waals surface area contributed by atoms with E-state index in [4.69, 9.17) is 0 Å². The topological polar surface area (TPSA) is 12.0 Å². The van der Waals surface area contributed by atoms with E-state index in [0.717, 1.165) is 23.1 Å². The molecular weight excluding hydrogens is 303 g/mol. The van der Waals surface area contributed by atoms with Crippen molar-refractivity contribution in [3.05, 3.63) is 35.4 Å². The number of benzene rings is 1. The molecule has 2 rings (SSSR count). The van der Waals surface area contributed by atoms with Crippen molar-refractivity contribution >= 4 is 23.5 Å². The van der Waals surface area contributed by atoms with Crippen molar-refractivity contribution in [3.8, 4) is 0 Å². The second-order valence-corrected chi connectivity index (χ2v) is 7.28. The first-order valence-corrected chi connectivity index (χ1v) is 8.74. The lowest BCUT2D eigenvalue weighted by atomic mass is 10.0. The van der Waals surface area contributed by atoms with Gasteiger partial charge in [0.1, 0.15) is 0 Å². The highest BCUT2D eigenvalue weighted by Crippen LogP contribution is 2.31. The second-order valence-electron chi connectivity index (χ2n) is 4.78. The molecule has 0 amide bonds. The van der Waals surface area contributed by atoms with Crippen LogP contribution < -0.4 is 5.32 Å². The summed E-state index contributed by atoms with van der Waals surface area (Å²) in [5, 5.41) is 3.73. The van der Waals surface area contributed by atoms with Crippen LogP contribution in [-0.4, -0.2) is 35.6 Å². The number of hydrogen-bond donors (Lipinski definition) is 1. The summed E-state index contributed by atoms with van der Waals surface area (Å²) in [4.78, 5) is 0. The third kappa shape index (κ3) is 4.33. The van der Waals surface area contributed by atoms with Crippen molar-refractivity contribution < 1.29 is 13.2 Å². The Morgan fingerprint density at radius 1 is 1.35 bits per heavy atom. The van der Waals surface area contributed by atoms with Crippen LogP contribution >= 0.6 is 23.5 Å². The van der Waals surface area contributed by atoms with E-state index in [2.05, 4.69) is 5.32 Å². The van der Waals surface area contributed by atoms with Crippen LogP contribution in [-0.2, 0) is 12.6 Å². The van der Waals surface area contributed by atoms with Gasteiger partial charge in [0, 0.05) is 28.6 Å². The molecule has 1 aliphatic rings. The summed E-state index contributed by atoms with van der Waals surface area (Å²) < 4.78 is 38.2. The summed E-state index contributed by atoms with van der Waals surface area (Å²) in [5.41, 5.74) is 0.186. The molecule has 0 bridgehead atoms. The minimum absolute atomic E-state index is 0.219. The molecule has 1 fully saturated rings. The Kier molecular flexibility index (Phi) is 5.69. The van der Waals surface area contributed by atoms with Crippen LogP contribution in [0.2, 0.25) is 0 Å². The molecule has 1 N–H and O–H groups in total. The molecule has 1 heterocycles. The van der Waals surface area contributed by atoms with E-state index in [1.54, 1.807) is 6.07 Å². The van der Waals surface area contributed by atoms with Crippen molar-refractivity contribution in [1.29, 1.82) is 0 Å². The largest absolute Gasteiger partial charge is 0.416 e. The van der Waals surface area contributed by atoms with E-state index < -0.39 is 11.7 Å². The number of hydrogen-bond acceptors (Lipinski definition) is 3. The maximum Gasteiger partial charge on any atom is 0.416 e. The Balaban J connectivity index is 2.07. The average molecular weight is 321 g/mol. The van der Waals surface area contributed by atoms with Crippen LogP contribution in [0.25, 0.3) is 0 Å². The highest BCUT2D eigenvalue weighted by molar-refractivity contribution is 8.06. The van der Waals surface area contributed by atoms with Crippen LogP contribution in [0.5, 0.6) is 0 Å². The van der Waals surface area contributed by atoms with E-state index in [9.17, 15) is 13.2 Å². The van der Waals surface area contributed by atoms with Gasteiger partial charge in [0.05, 0.1) is 5.56 Å². The number of thioether (sulfide) groups is 2. The fraction of sp³-hybridized carbons (Fsp3) is 0.571. The van der Waals surface area contributed by atoms with Gasteiger partial charge < -0.3 is 5.32 Å². The lowest BCUT2D eigenvalue weighted by Crippen LogP contribution is -2.40. The van der Waals surface area contributed by atoms with Gasteiger partial charge in [-0.2, -0.15) is 36.7 Å². The van der Waals surface area contributed by atoms with E-state index in [1.165, 1.54) is 17.9 Å². The number of nitrogens with one attached hydrogen (secondary N) is 1. The van der Waals surface area contributed by atoms with Crippen LogP contribution in [0.15, 0.2) is 24.3 Å². The fourth-order valence-electron chi connectivity index (χ4n) is 2.29. The van der Waals surface area contributed by atoms with Crippen LogP contribution in [0, 0.1) is 0 Å². The van der Waals surface area contributed by atoms with Gasteiger partial charge in [-0.1, -0.05) is 18.2 Å². The fourth-order valence-corrected chi connectivity index (χ4v) is 5.21. The minimum atomic E-state index is -4.26. The molecule has 1 aliphatic heterocycles. The molecule has 1 nitrogen and oxygen atoms in total. The number of alkyl halides is 3. The summed E-state index contributed by atoms with van der Waals surface area (Å²) in [7, 11) is 1.89. The first-order valence-electron chi connectivity index (χ1n) is 6.53. The molecule has 112 valence electrons. The van der Waals surface area contributed by atoms with Crippen molar-refractivity contribution in [2.24, 2.45) is 0 Å². The molecule has 0 saturated carbocycles. The van der Waals surface area contributed by atoms with Crippen LogP contribution in [0.3, 0.4) is 0 Å². The maximum absolute atomic E-state index is 12.7. The summed E-state index contributed by atoms with van der Waals surface area (Å²) in [6.45, 7) is 0. The van der Waals surface area contributed by atoms with E-state index in [-0.39, 0.29) is 6.04 Å². The number of likely N-dealkylation sites (N-methyl/N-ethyl adjacent to an activating group) is 1. The molecule has 0 radical (unpaired) electrons. The normalized spacial score (nSPS) is 21.7. The molecular formula is C14H18F3NS2. The summed E-state index contributed by atoms with van der Waals surface area (Å²) in [6, 6.07) is 5.89. The molecule has 1 saturated heterocycles. The molecule has 2 unspecified atom stereocenters. The average Bonchev–Trinajstić information content (AvgIpc) is 2.45. The summed E-state index contributed by atoms with van der Waals surface area (Å²) in [5.74, 6) is 3.35. The molecule has 2 atom stereocenters. The molecule has 1 aromatic carbocycles. The lowest BCUT2D eigenvalue weighted by molar-refractivity contribution is -0.137. The van der Waals surface area contributed by atoms with Gasteiger partial charge in [-0.25, -0.2) is 0 Å². The van der Waals surface area contributed by atoms with Gasteiger partial charge in [0.2, 0.25) is 0 Å². The third-order valence-corrected chi connectivity index (χ3v) is 6.29. The van der Waals surface area contributed by atoms with Gasteiger partial charge in [0.25, 0.3) is 0 Å². The zero-order chi connectivity index (χ0) is 14.6.